The van der Waals surface area contributed by atoms with Crippen molar-refractivity contribution in [1.29, 1.82) is 5.26 Å². The van der Waals surface area contributed by atoms with Crippen LogP contribution < -0.4 is 10.1 Å². The average Bonchev–Trinajstić information content (AvgIpc) is 2.64. The third-order valence-corrected chi connectivity index (χ3v) is 3.57. The molecule has 2 aromatic rings. The van der Waals surface area contributed by atoms with Crippen LogP contribution in [0.15, 0.2) is 48.3 Å². The van der Waals surface area contributed by atoms with Gasteiger partial charge in [0.15, 0.2) is 0 Å². The molecule has 24 heavy (non-hydrogen) atoms. The Bertz CT molecular complexity index is 777. The molecule has 0 radical (unpaired) electrons. The molecule has 122 valence electrons. The summed E-state index contributed by atoms with van der Waals surface area (Å²) >= 11 is 0. The maximum Gasteiger partial charge on any atom is 0.262 e. The maximum atomic E-state index is 12.2. The Morgan fingerprint density at radius 1 is 1.29 bits per heavy atom. The molecule has 0 aliphatic rings. The van der Waals surface area contributed by atoms with Crippen LogP contribution in [0.5, 0.6) is 5.75 Å². The van der Waals surface area contributed by atoms with Crippen molar-refractivity contribution in [1.82, 2.24) is 10.3 Å². The zero-order valence-corrected chi connectivity index (χ0v) is 13.7. The van der Waals surface area contributed by atoms with Crippen molar-refractivity contribution in [2.45, 2.75) is 19.9 Å². The summed E-state index contributed by atoms with van der Waals surface area (Å²) in [7, 11) is 1.56. The molecule has 0 saturated carbocycles. The number of aromatic nitrogens is 1. The second kappa shape index (κ2) is 8.49. The zero-order valence-electron chi connectivity index (χ0n) is 13.7. The smallest absolute Gasteiger partial charge is 0.262 e. The van der Waals surface area contributed by atoms with Crippen LogP contribution in [-0.4, -0.2) is 18.0 Å². The minimum atomic E-state index is -0.418. The van der Waals surface area contributed by atoms with Crippen molar-refractivity contribution < 1.29 is 9.53 Å². The van der Waals surface area contributed by atoms with Gasteiger partial charge in [0.1, 0.15) is 17.4 Å². The molecule has 0 saturated heterocycles. The highest BCUT2D eigenvalue weighted by molar-refractivity contribution is 6.01. The summed E-state index contributed by atoms with van der Waals surface area (Å²) in [5, 5.41) is 12.1. The topological polar surface area (TPSA) is 75.0 Å². The van der Waals surface area contributed by atoms with Gasteiger partial charge in [0, 0.05) is 24.5 Å². The molecule has 0 fully saturated rings. The predicted octanol–water partition coefficient (Wildman–Crippen LogP) is 2.88. The van der Waals surface area contributed by atoms with E-state index >= 15 is 0 Å². The average molecular weight is 321 g/mol. The molecule has 5 heteroatoms. The van der Waals surface area contributed by atoms with Crippen molar-refractivity contribution in [2.75, 3.05) is 7.11 Å². The van der Waals surface area contributed by atoms with E-state index in [2.05, 4.69) is 10.3 Å². The third-order valence-electron chi connectivity index (χ3n) is 3.57. The second-order valence-electron chi connectivity index (χ2n) is 5.14. The van der Waals surface area contributed by atoms with Crippen LogP contribution in [0.3, 0.4) is 0 Å². The number of aryl methyl sites for hydroxylation is 1. The fourth-order valence-electron chi connectivity index (χ4n) is 2.20. The first kappa shape index (κ1) is 17.2. The molecule has 0 bridgehead atoms. The van der Waals surface area contributed by atoms with Gasteiger partial charge in [-0.3, -0.25) is 9.78 Å². The summed E-state index contributed by atoms with van der Waals surface area (Å²) in [6.45, 7) is 2.38. The molecule has 1 amide bonds. The van der Waals surface area contributed by atoms with E-state index in [0.717, 1.165) is 17.5 Å². The molecular weight excluding hydrogens is 302 g/mol. The van der Waals surface area contributed by atoms with Crippen molar-refractivity contribution in [3.8, 4) is 11.8 Å². The predicted molar refractivity (Wildman–Crippen MR) is 92.0 cm³/mol. The molecule has 2 rings (SSSR count). The van der Waals surface area contributed by atoms with E-state index in [1.165, 1.54) is 0 Å². The van der Waals surface area contributed by atoms with Gasteiger partial charge in [-0.2, -0.15) is 5.26 Å². The Morgan fingerprint density at radius 2 is 2.04 bits per heavy atom. The molecular formula is C19H19N3O2. The summed E-state index contributed by atoms with van der Waals surface area (Å²) in [4.78, 5) is 16.2. The molecule has 0 atom stereocenters. The lowest BCUT2D eigenvalue weighted by Gasteiger charge is -2.08. The van der Waals surface area contributed by atoms with Crippen molar-refractivity contribution in [3.05, 3.63) is 65.0 Å². The van der Waals surface area contributed by atoms with E-state index in [-0.39, 0.29) is 5.57 Å². The molecule has 5 nitrogen and oxygen atoms in total. The lowest BCUT2D eigenvalue weighted by Crippen LogP contribution is -2.23. The van der Waals surface area contributed by atoms with Crippen molar-refractivity contribution in [2.24, 2.45) is 0 Å². The Balaban J connectivity index is 2.19. The van der Waals surface area contributed by atoms with Gasteiger partial charge in [0.05, 0.1) is 7.11 Å². The molecule has 0 spiro atoms. The number of nitrogens with zero attached hydrogens (tertiary/aromatic N) is 2. The first-order chi connectivity index (χ1) is 11.7. The summed E-state index contributed by atoms with van der Waals surface area (Å²) in [6, 6.07) is 11.3. The van der Waals surface area contributed by atoms with Gasteiger partial charge >= 0.3 is 0 Å². The number of nitriles is 1. The number of hydrogen-bond donors (Lipinski definition) is 1. The summed E-state index contributed by atoms with van der Waals surface area (Å²) < 4.78 is 5.31. The SMILES string of the molecule is CCc1ccc(OC)c(/C=C(\C#N)C(=O)NCc2ccncc2)c1. The monoisotopic (exact) mass is 321 g/mol. The first-order valence-corrected chi connectivity index (χ1v) is 7.63. The molecule has 1 aromatic carbocycles. The third kappa shape index (κ3) is 4.43. The first-order valence-electron chi connectivity index (χ1n) is 7.63. The largest absolute Gasteiger partial charge is 0.496 e. The fourth-order valence-corrected chi connectivity index (χ4v) is 2.20. The quantitative estimate of drug-likeness (QED) is 0.656. The van der Waals surface area contributed by atoms with Gasteiger partial charge in [-0.05, 0) is 47.9 Å². The number of amides is 1. The van der Waals surface area contributed by atoms with Crippen LogP contribution in [-0.2, 0) is 17.8 Å². The molecule has 1 N–H and O–H groups in total. The maximum absolute atomic E-state index is 12.2. The standard InChI is InChI=1S/C19H19N3O2/c1-3-14-4-5-18(24-2)16(10-14)11-17(12-20)19(23)22-13-15-6-8-21-9-7-15/h4-11H,3,13H2,1-2H3,(H,22,23)/b17-11+. The van der Waals surface area contributed by atoms with Crippen molar-refractivity contribution >= 4 is 12.0 Å². The van der Waals surface area contributed by atoms with E-state index in [1.54, 1.807) is 25.6 Å². The highest BCUT2D eigenvalue weighted by atomic mass is 16.5. The van der Waals surface area contributed by atoms with Gasteiger partial charge in [-0.15, -0.1) is 0 Å². The van der Waals surface area contributed by atoms with Crippen LogP contribution in [0.2, 0.25) is 0 Å². The molecule has 0 aliphatic heterocycles. The number of benzene rings is 1. The van der Waals surface area contributed by atoms with Crippen LogP contribution >= 0.6 is 0 Å². The van der Waals surface area contributed by atoms with E-state index in [9.17, 15) is 10.1 Å². The number of carbonyl (C=O) groups excluding carboxylic acids is 1. The number of carbonyl (C=O) groups is 1. The Kier molecular flexibility index (Phi) is 6.09. The zero-order chi connectivity index (χ0) is 17.4. The van der Waals surface area contributed by atoms with Gasteiger partial charge < -0.3 is 10.1 Å². The minimum Gasteiger partial charge on any atom is -0.496 e. The van der Waals surface area contributed by atoms with Crippen LogP contribution in [0.4, 0.5) is 0 Å². The Labute approximate surface area is 141 Å². The molecule has 0 aliphatic carbocycles. The fraction of sp³-hybridized carbons (Fsp3) is 0.211. The summed E-state index contributed by atoms with van der Waals surface area (Å²) in [5.41, 5.74) is 2.78. The molecule has 1 aromatic heterocycles. The number of hydrogen-bond acceptors (Lipinski definition) is 4. The van der Waals surface area contributed by atoms with Crippen LogP contribution in [0, 0.1) is 11.3 Å². The van der Waals surface area contributed by atoms with E-state index in [0.29, 0.717) is 17.9 Å². The summed E-state index contributed by atoms with van der Waals surface area (Å²) in [6.07, 6.45) is 5.73. The van der Waals surface area contributed by atoms with Gasteiger partial charge in [0.2, 0.25) is 0 Å². The number of ether oxygens (including phenoxy) is 1. The van der Waals surface area contributed by atoms with Gasteiger partial charge in [-0.25, -0.2) is 0 Å². The Hall–Kier alpha value is -3.13. The Morgan fingerprint density at radius 3 is 2.67 bits per heavy atom. The van der Waals surface area contributed by atoms with Gasteiger partial charge in [0.25, 0.3) is 5.91 Å². The van der Waals surface area contributed by atoms with E-state index in [1.807, 2.05) is 43.3 Å². The number of methoxy groups -OCH3 is 1. The molecule has 0 unspecified atom stereocenters. The lowest BCUT2D eigenvalue weighted by molar-refractivity contribution is -0.117. The number of pyridine rings is 1. The lowest BCUT2D eigenvalue weighted by atomic mass is 10.0. The number of nitrogens with one attached hydrogen (secondary N) is 1. The highest BCUT2D eigenvalue weighted by Crippen LogP contribution is 2.23. The highest BCUT2D eigenvalue weighted by Gasteiger charge is 2.11. The minimum absolute atomic E-state index is 0.0376. The van der Waals surface area contributed by atoms with Crippen molar-refractivity contribution in [3.63, 3.8) is 0 Å². The van der Waals surface area contributed by atoms with Crippen LogP contribution in [0.25, 0.3) is 6.08 Å². The normalized spacial score (nSPS) is 10.8. The van der Waals surface area contributed by atoms with Crippen LogP contribution in [0.1, 0.15) is 23.6 Å². The van der Waals surface area contributed by atoms with E-state index < -0.39 is 5.91 Å². The summed E-state index contributed by atoms with van der Waals surface area (Å²) in [5.74, 6) is 0.208. The van der Waals surface area contributed by atoms with E-state index in [4.69, 9.17) is 4.74 Å². The number of rotatable bonds is 6. The van der Waals surface area contributed by atoms with Gasteiger partial charge in [-0.1, -0.05) is 13.0 Å². The molecule has 1 heterocycles. The second-order valence-corrected chi connectivity index (χ2v) is 5.14.